The number of nitrogens with one attached hydrogen (secondary N) is 2. The van der Waals surface area contributed by atoms with Crippen molar-refractivity contribution in [2.24, 2.45) is 5.92 Å². The van der Waals surface area contributed by atoms with Crippen LogP contribution in [0.5, 0.6) is 0 Å². The molecule has 0 aliphatic carbocycles. The fraction of sp³-hybridized carbons (Fsp3) is 0.800. The fourth-order valence-electron chi connectivity index (χ4n) is 1.90. The number of aliphatic carboxylic acids is 1. The van der Waals surface area contributed by atoms with Crippen molar-refractivity contribution < 1.29 is 19.5 Å². The van der Waals surface area contributed by atoms with Crippen LogP contribution in [0.15, 0.2) is 0 Å². The number of amides is 2. The summed E-state index contributed by atoms with van der Waals surface area (Å²) in [6.45, 7) is 7.39. The molecule has 0 aromatic rings. The predicted octanol–water partition coefficient (Wildman–Crippen LogP) is 1.69. The minimum absolute atomic E-state index is 0.158. The lowest BCUT2D eigenvalue weighted by Crippen LogP contribution is -2.50. The first-order chi connectivity index (χ1) is 9.77. The number of carbonyl (C=O) groups excluding carboxylic acids is 2. The standard InChI is InChI=1S/C15H28N2O4/c1-5-6-7-8-13(18)16-11(4)14(19)17-12(15(20)21)9-10(2)3/h10-12H,5-9H2,1-4H3,(H,16,18)(H,17,19)(H,20,21)/t11-,12-/m0/s1. The quantitative estimate of drug-likeness (QED) is 0.535. The lowest BCUT2D eigenvalue weighted by molar-refractivity contribution is -0.142. The normalized spacial score (nSPS) is 13.6. The minimum Gasteiger partial charge on any atom is -0.480 e. The monoisotopic (exact) mass is 300 g/mol. The lowest BCUT2D eigenvalue weighted by atomic mass is 10.0. The van der Waals surface area contributed by atoms with Gasteiger partial charge < -0.3 is 15.7 Å². The van der Waals surface area contributed by atoms with Crippen molar-refractivity contribution in [3.8, 4) is 0 Å². The fourth-order valence-corrected chi connectivity index (χ4v) is 1.90. The Bertz CT molecular complexity index is 356. The van der Waals surface area contributed by atoms with E-state index in [1.807, 2.05) is 13.8 Å². The van der Waals surface area contributed by atoms with E-state index in [1.165, 1.54) is 0 Å². The first-order valence-corrected chi connectivity index (χ1v) is 7.60. The second-order valence-corrected chi connectivity index (χ2v) is 5.78. The zero-order chi connectivity index (χ0) is 16.4. The molecule has 0 rings (SSSR count). The van der Waals surface area contributed by atoms with Crippen molar-refractivity contribution in [3.63, 3.8) is 0 Å². The van der Waals surface area contributed by atoms with Crippen molar-refractivity contribution in [3.05, 3.63) is 0 Å². The zero-order valence-corrected chi connectivity index (χ0v) is 13.4. The summed E-state index contributed by atoms with van der Waals surface area (Å²) in [6.07, 6.45) is 3.54. The topological polar surface area (TPSA) is 95.5 Å². The molecule has 0 aromatic carbocycles. The Morgan fingerprint density at radius 1 is 1.05 bits per heavy atom. The first kappa shape index (κ1) is 19.4. The third-order valence-electron chi connectivity index (χ3n) is 3.10. The number of carbonyl (C=O) groups is 3. The molecule has 0 aromatic heterocycles. The van der Waals surface area contributed by atoms with E-state index < -0.39 is 24.0 Å². The van der Waals surface area contributed by atoms with Gasteiger partial charge in [-0.05, 0) is 25.7 Å². The summed E-state index contributed by atoms with van der Waals surface area (Å²) in [4.78, 5) is 34.6. The Hall–Kier alpha value is -1.59. The van der Waals surface area contributed by atoms with Gasteiger partial charge in [-0.3, -0.25) is 9.59 Å². The molecule has 0 unspecified atom stereocenters. The van der Waals surface area contributed by atoms with Crippen molar-refractivity contribution in [1.29, 1.82) is 0 Å². The van der Waals surface area contributed by atoms with E-state index in [9.17, 15) is 14.4 Å². The highest BCUT2D eigenvalue weighted by molar-refractivity contribution is 5.90. The number of carboxylic acid groups (broad SMARTS) is 1. The van der Waals surface area contributed by atoms with Gasteiger partial charge in [0.05, 0.1) is 0 Å². The molecule has 122 valence electrons. The highest BCUT2D eigenvalue weighted by Crippen LogP contribution is 2.05. The minimum atomic E-state index is -1.06. The molecule has 6 nitrogen and oxygen atoms in total. The van der Waals surface area contributed by atoms with Gasteiger partial charge in [-0.2, -0.15) is 0 Å². The predicted molar refractivity (Wildman–Crippen MR) is 80.8 cm³/mol. The van der Waals surface area contributed by atoms with Crippen molar-refractivity contribution in [1.82, 2.24) is 10.6 Å². The first-order valence-electron chi connectivity index (χ1n) is 7.60. The molecule has 6 heteroatoms. The molecular formula is C15H28N2O4. The van der Waals surface area contributed by atoms with Crippen LogP contribution in [-0.4, -0.2) is 35.0 Å². The number of hydrogen-bond donors (Lipinski definition) is 3. The van der Waals surface area contributed by atoms with Crippen LogP contribution in [0.3, 0.4) is 0 Å². The molecule has 0 fully saturated rings. The molecule has 2 amide bonds. The van der Waals surface area contributed by atoms with Gasteiger partial charge in [0.15, 0.2) is 0 Å². The van der Waals surface area contributed by atoms with Crippen LogP contribution in [0.4, 0.5) is 0 Å². The van der Waals surface area contributed by atoms with E-state index in [4.69, 9.17) is 5.11 Å². The van der Waals surface area contributed by atoms with Crippen LogP contribution in [0.25, 0.3) is 0 Å². The molecular weight excluding hydrogens is 272 g/mol. The molecule has 0 saturated heterocycles. The van der Waals surface area contributed by atoms with Crippen molar-refractivity contribution in [2.45, 2.75) is 71.9 Å². The van der Waals surface area contributed by atoms with Crippen molar-refractivity contribution >= 4 is 17.8 Å². The van der Waals surface area contributed by atoms with E-state index >= 15 is 0 Å². The molecule has 21 heavy (non-hydrogen) atoms. The largest absolute Gasteiger partial charge is 0.480 e. The van der Waals surface area contributed by atoms with Crippen LogP contribution >= 0.6 is 0 Å². The second kappa shape index (κ2) is 10.2. The van der Waals surface area contributed by atoms with E-state index in [0.717, 1.165) is 19.3 Å². The van der Waals surface area contributed by atoms with Gasteiger partial charge in [-0.1, -0.05) is 33.6 Å². The summed E-state index contributed by atoms with van der Waals surface area (Å²) >= 11 is 0. The summed E-state index contributed by atoms with van der Waals surface area (Å²) in [6, 6.07) is -1.65. The summed E-state index contributed by atoms with van der Waals surface area (Å²) in [5.41, 5.74) is 0. The Kier molecular flexibility index (Phi) is 9.41. The van der Waals surface area contributed by atoms with Crippen LogP contribution < -0.4 is 10.6 Å². The maximum Gasteiger partial charge on any atom is 0.326 e. The van der Waals surface area contributed by atoms with Gasteiger partial charge in [-0.15, -0.1) is 0 Å². The number of rotatable bonds is 10. The smallest absolute Gasteiger partial charge is 0.326 e. The van der Waals surface area contributed by atoms with Gasteiger partial charge in [-0.25, -0.2) is 4.79 Å². The Morgan fingerprint density at radius 3 is 2.14 bits per heavy atom. The molecule has 2 atom stereocenters. The molecule has 0 spiro atoms. The molecule has 3 N–H and O–H groups in total. The molecule has 0 aliphatic rings. The SMILES string of the molecule is CCCCCC(=O)N[C@@H](C)C(=O)N[C@@H](CC(C)C)C(=O)O. The highest BCUT2D eigenvalue weighted by atomic mass is 16.4. The molecule has 0 saturated carbocycles. The lowest BCUT2D eigenvalue weighted by Gasteiger charge is -2.20. The maximum atomic E-state index is 11.9. The van der Waals surface area contributed by atoms with Crippen LogP contribution in [0.2, 0.25) is 0 Å². The zero-order valence-electron chi connectivity index (χ0n) is 13.4. The third kappa shape index (κ3) is 9.05. The Morgan fingerprint density at radius 2 is 1.67 bits per heavy atom. The summed E-state index contributed by atoms with van der Waals surface area (Å²) in [7, 11) is 0. The van der Waals surface area contributed by atoms with Crippen LogP contribution in [0, 0.1) is 5.92 Å². The van der Waals surface area contributed by atoms with E-state index in [2.05, 4.69) is 17.6 Å². The summed E-state index contributed by atoms with van der Waals surface area (Å²) < 4.78 is 0. The van der Waals surface area contributed by atoms with E-state index in [-0.39, 0.29) is 11.8 Å². The van der Waals surface area contributed by atoms with Gasteiger partial charge in [0.2, 0.25) is 11.8 Å². The van der Waals surface area contributed by atoms with Gasteiger partial charge in [0.25, 0.3) is 0 Å². The highest BCUT2D eigenvalue weighted by Gasteiger charge is 2.24. The van der Waals surface area contributed by atoms with Crippen molar-refractivity contribution in [2.75, 3.05) is 0 Å². The van der Waals surface area contributed by atoms with Gasteiger partial charge >= 0.3 is 5.97 Å². The number of carboxylic acids is 1. The van der Waals surface area contributed by atoms with Crippen LogP contribution in [0.1, 0.15) is 59.8 Å². The molecule has 0 bridgehead atoms. The average molecular weight is 300 g/mol. The molecule has 0 heterocycles. The van der Waals surface area contributed by atoms with E-state index in [0.29, 0.717) is 12.8 Å². The van der Waals surface area contributed by atoms with E-state index in [1.54, 1.807) is 6.92 Å². The Labute approximate surface area is 126 Å². The number of hydrogen-bond acceptors (Lipinski definition) is 3. The number of unbranched alkanes of at least 4 members (excludes halogenated alkanes) is 2. The summed E-state index contributed by atoms with van der Waals surface area (Å²) in [5, 5.41) is 14.1. The van der Waals surface area contributed by atoms with Crippen LogP contribution in [-0.2, 0) is 14.4 Å². The molecule has 0 radical (unpaired) electrons. The maximum absolute atomic E-state index is 11.9. The van der Waals surface area contributed by atoms with Gasteiger partial charge in [0.1, 0.15) is 12.1 Å². The molecule has 0 aliphatic heterocycles. The second-order valence-electron chi connectivity index (χ2n) is 5.78. The third-order valence-corrected chi connectivity index (χ3v) is 3.10. The summed E-state index contributed by atoms with van der Waals surface area (Å²) in [5.74, 6) is -1.54. The Balaban J connectivity index is 4.29. The average Bonchev–Trinajstić information content (AvgIpc) is 2.37. The van der Waals surface area contributed by atoms with Gasteiger partial charge in [0, 0.05) is 6.42 Å².